The summed E-state index contributed by atoms with van der Waals surface area (Å²) in [6, 6.07) is 4.24. The third-order valence-electron chi connectivity index (χ3n) is 2.09. The Kier molecular flexibility index (Phi) is 3.05. The number of aromatic amines is 1. The van der Waals surface area contributed by atoms with E-state index in [0.29, 0.717) is 18.5 Å². The lowest BCUT2D eigenvalue weighted by atomic mass is 10.2. The molecule has 5 nitrogen and oxygen atoms in total. The van der Waals surface area contributed by atoms with E-state index in [1.165, 1.54) is 0 Å². The molecule has 0 aromatic carbocycles. The van der Waals surface area contributed by atoms with E-state index in [1.807, 2.05) is 13.0 Å². The molecule has 16 heavy (non-hydrogen) atoms. The largest absolute Gasteiger partial charge is 0.481 e. The molecule has 2 heterocycles. The normalized spacial score (nSPS) is 10.1. The van der Waals surface area contributed by atoms with Gasteiger partial charge in [-0.3, -0.25) is 0 Å². The zero-order valence-electron chi connectivity index (χ0n) is 9.23. The number of imidazole rings is 1. The van der Waals surface area contributed by atoms with E-state index in [4.69, 9.17) is 9.47 Å². The Labute approximate surface area is 93.5 Å². The molecule has 2 aromatic rings. The Hall–Kier alpha value is -2.04. The number of aromatic nitrogens is 3. The van der Waals surface area contributed by atoms with Gasteiger partial charge in [0, 0.05) is 17.8 Å². The van der Waals surface area contributed by atoms with Crippen LogP contribution >= 0.6 is 0 Å². The summed E-state index contributed by atoms with van der Waals surface area (Å²) in [5.74, 6) is 0.591. The Morgan fingerprint density at radius 2 is 2.12 bits per heavy atom. The first-order chi connectivity index (χ1) is 7.83. The molecule has 0 unspecified atom stereocenters. The van der Waals surface area contributed by atoms with Gasteiger partial charge >= 0.3 is 0 Å². The Bertz CT molecular complexity index is 451. The summed E-state index contributed by atoms with van der Waals surface area (Å²) in [4.78, 5) is 11.3. The van der Waals surface area contributed by atoms with Crippen LogP contribution in [0, 0.1) is 0 Å². The molecule has 0 spiro atoms. The van der Waals surface area contributed by atoms with E-state index in [0.717, 1.165) is 11.3 Å². The van der Waals surface area contributed by atoms with Crippen LogP contribution in [0.5, 0.6) is 11.9 Å². The molecule has 0 amide bonds. The minimum atomic E-state index is 0.522. The van der Waals surface area contributed by atoms with Gasteiger partial charge in [-0.25, -0.2) is 9.97 Å². The molecule has 0 aliphatic heterocycles. The van der Waals surface area contributed by atoms with Gasteiger partial charge in [-0.05, 0) is 13.0 Å². The van der Waals surface area contributed by atoms with E-state index in [9.17, 15) is 0 Å². The third kappa shape index (κ3) is 2.13. The molecule has 0 saturated carbocycles. The van der Waals surface area contributed by atoms with Crippen LogP contribution < -0.4 is 9.47 Å². The van der Waals surface area contributed by atoms with Crippen LogP contribution in [0.15, 0.2) is 24.5 Å². The Balaban J connectivity index is 2.21. The fourth-order valence-corrected chi connectivity index (χ4v) is 1.32. The highest BCUT2D eigenvalue weighted by Crippen LogP contribution is 2.20. The summed E-state index contributed by atoms with van der Waals surface area (Å²) in [6.07, 6.45) is 3.44. The lowest BCUT2D eigenvalue weighted by molar-refractivity contribution is 0.316. The van der Waals surface area contributed by atoms with Gasteiger partial charge in [-0.15, -0.1) is 0 Å². The van der Waals surface area contributed by atoms with Crippen LogP contribution in [-0.4, -0.2) is 28.7 Å². The molecule has 84 valence electrons. The van der Waals surface area contributed by atoms with E-state index in [2.05, 4.69) is 15.0 Å². The van der Waals surface area contributed by atoms with Crippen molar-refractivity contribution in [3.8, 4) is 23.1 Å². The topological polar surface area (TPSA) is 60.0 Å². The number of methoxy groups -OCH3 is 1. The molecule has 0 saturated heterocycles. The number of hydrogen-bond acceptors (Lipinski definition) is 4. The first kappa shape index (κ1) is 10.5. The molecule has 0 radical (unpaired) electrons. The predicted octanol–water partition coefficient (Wildman–Crippen LogP) is 1.88. The van der Waals surface area contributed by atoms with Crippen LogP contribution in [0.25, 0.3) is 11.3 Å². The Morgan fingerprint density at radius 3 is 2.75 bits per heavy atom. The molecule has 5 heteroatoms. The summed E-state index contributed by atoms with van der Waals surface area (Å²) in [7, 11) is 1.59. The minimum Gasteiger partial charge on any atom is -0.481 e. The third-order valence-corrected chi connectivity index (χ3v) is 2.09. The number of hydrogen-bond donors (Lipinski definition) is 1. The number of ether oxygens (including phenoxy) is 2. The lowest BCUT2D eigenvalue weighted by Gasteiger charge is -2.00. The van der Waals surface area contributed by atoms with Crippen LogP contribution in [0.2, 0.25) is 0 Å². The number of nitrogens with zero attached hydrogens (tertiary/aromatic N) is 2. The molecule has 2 rings (SSSR count). The van der Waals surface area contributed by atoms with Crippen molar-refractivity contribution >= 4 is 0 Å². The van der Waals surface area contributed by atoms with E-state index >= 15 is 0 Å². The monoisotopic (exact) mass is 219 g/mol. The summed E-state index contributed by atoms with van der Waals surface area (Å²) in [6.45, 7) is 2.50. The van der Waals surface area contributed by atoms with Crippen molar-refractivity contribution in [3.05, 3.63) is 24.5 Å². The predicted molar refractivity (Wildman–Crippen MR) is 59.5 cm³/mol. The molecular weight excluding hydrogens is 206 g/mol. The van der Waals surface area contributed by atoms with Gasteiger partial charge in [0.25, 0.3) is 6.01 Å². The van der Waals surface area contributed by atoms with Crippen molar-refractivity contribution in [2.24, 2.45) is 0 Å². The number of rotatable bonds is 4. The standard InChI is InChI=1S/C11H13N3O2/c1-3-16-11-13-7-9(14-11)8-4-5-10(15-2)12-6-8/h4-7H,3H2,1-2H3,(H,13,14). The molecule has 2 aromatic heterocycles. The van der Waals surface area contributed by atoms with Crippen molar-refractivity contribution in [1.82, 2.24) is 15.0 Å². The number of pyridine rings is 1. The van der Waals surface area contributed by atoms with Crippen molar-refractivity contribution in [1.29, 1.82) is 0 Å². The fourth-order valence-electron chi connectivity index (χ4n) is 1.32. The van der Waals surface area contributed by atoms with E-state index in [1.54, 1.807) is 25.6 Å². The maximum atomic E-state index is 5.24. The Morgan fingerprint density at radius 1 is 1.25 bits per heavy atom. The van der Waals surface area contributed by atoms with Crippen molar-refractivity contribution in [2.75, 3.05) is 13.7 Å². The zero-order valence-corrected chi connectivity index (χ0v) is 9.23. The highest BCUT2D eigenvalue weighted by molar-refractivity contribution is 5.57. The number of H-pyrrole nitrogens is 1. The minimum absolute atomic E-state index is 0.522. The molecule has 0 fully saturated rings. The van der Waals surface area contributed by atoms with Gasteiger partial charge < -0.3 is 14.5 Å². The second kappa shape index (κ2) is 4.65. The van der Waals surface area contributed by atoms with E-state index < -0.39 is 0 Å². The molecule has 0 aliphatic rings. The van der Waals surface area contributed by atoms with Gasteiger partial charge in [0.15, 0.2) is 0 Å². The van der Waals surface area contributed by atoms with Crippen molar-refractivity contribution in [2.45, 2.75) is 6.92 Å². The second-order valence-corrected chi connectivity index (χ2v) is 3.12. The average Bonchev–Trinajstić information content (AvgIpc) is 2.78. The molecular formula is C11H13N3O2. The quantitative estimate of drug-likeness (QED) is 0.852. The molecule has 1 N–H and O–H groups in total. The maximum Gasteiger partial charge on any atom is 0.293 e. The maximum absolute atomic E-state index is 5.24. The van der Waals surface area contributed by atoms with Crippen LogP contribution in [-0.2, 0) is 0 Å². The highest BCUT2D eigenvalue weighted by Gasteiger charge is 2.04. The fraction of sp³-hybridized carbons (Fsp3) is 0.273. The zero-order chi connectivity index (χ0) is 11.4. The summed E-state index contributed by atoms with van der Waals surface area (Å²) in [5, 5.41) is 0. The highest BCUT2D eigenvalue weighted by atomic mass is 16.5. The average molecular weight is 219 g/mol. The van der Waals surface area contributed by atoms with Crippen molar-refractivity contribution < 1.29 is 9.47 Å². The van der Waals surface area contributed by atoms with Gasteiger partial charge in [0.2, 0.25) is 5.88 Å². The van der Waals surface area contributed by atoms with E-state index in [-0.39, 0.29) is 0 Å². The first-order valence-electron chi connectivity index (χ1n) is 5.01. The molecule has 0 aliphatic carbocycles. The molecule has 0 atom stereocenters. The number of nitrogens with one attached hydrogen (secondary N) is 1. The van der Waals surface area contributed by atoms with Crippen molar-refractivity contribution in [3.63, 3.8) is 0 Å². The summed E-state index contributed by atoms with van der Waals surface area (Å²) < 4.78 is 10.2. The van der Waals surface area contributed by atoms with Gasteiger partial charge in [0.05, 0.1) is 25.6 Å². The van der Waals surface area contributed by atoms with Crippen LogP contribution in [0.3, 0.4) is 0 Å². The first-order valence-corrected chi connectivity index (χ1v) is 5.01. The van der Waals surface area contributed by atoms with Gasteiger partial charge in [0.1, 0.15) is 0 Å². The smallest absolute Gasteiger partial charge is 0.293 e. The molecule has 0 bridgehead atoms. The SMILES string of the molecule is CCOc1ncc(-c2ccc(OC)nc2)[nH]1. The summed E-state index contributed by atoms with van der Waals surface area (Å²) in [5.41, 5.74) is 1.82. The van der Waals surface area contributed by atoms with Crippen LogP contribution in [0.4, 0.5) is 0 Å². The van der Waals surface area contributed by atoms with Gasteiger partial charge in [-0.1, -0.05) is 0 Å². The van der Waals surface area contributed by atoms with Crippen LogP contribution in [0.1, 0.15) is 6.92 Å². The second-order valence-electron chi connectivity index (χ2n) is 3.12. The lowest BCUT2D eigenvalue weighted by Crippen LogP contribution is -1.92. The summed E-state index contributed by atoms with van der Waals surface area (Å²) >= 11 is 0. The van der Waals surface area contributed by atoms with Gasteiger partial charge in [-0.2, -0.15) is 0 Å².